The molecule has 2 unspecified atom stereocenters. The van der Waals surface area contributed by atoms with E-state index in [2.05, 4.69) is 25.7 Å². The maximum Gasteiger partial charge on any atom is 0.0217 e. The summed E-state index contributed by atoms with van der Waals surface area (Å²) < 4.78 is 0. The average Bonchev–Trinajstić information content (AvgIpc) is 2.80. The SMILES string of the molecule is CC(C)(C)[C@H](N)CN1CCC2CC2C1. The quantitative estimate of drug-likeness (QED) is 0.728. The fraction of sp³-hybridized carbons (Fsp3) is 1.00. The second-order valence-electron chi connectivity index (χ2n) is 6.28. The van der Waals surface area contributed by atoms with Crippen molar-refractivity contribution in [1.29, 1.82) is 0 Å². The molecule has 1 aliphatic carbocycles. The molecule has 1 aliphatic heterocycles. The molecule has 2 rings (SSSR count). The largest absolute Gasteiger partial charge is 0.326 e. The van der Waals surface area contributed by atoms with Gasteiger partial charge in [-0.1, -0.05) is 20.8 Å². The highest BCUT2D eigenvalue weighted by atomic mass is 15.2. The third kappa shape index (κ3) is 2.29. The standard InChI is InChI=1S/C12H24N2/c1-12(2,3)11(13)8-14-5-4-9-6-10(9)7-14/h9-11H,4-8,13H2,1-3H3/t9?,10?,11-/m1/s1. The molecule has 0 aromatic rings. The van der Waals surface area contributed by atoms with E-state index in [9.17, 15) is 0 Å². The molecule has 2 aliphatic rings. The molecular weight excluding hydrogens is 172 g/mol. The summed E-state index contributed by atoms with van der Waals surface area (Å²) in [5, 5.41) is 0. The van der Waals surface area contributed by atoms with Gasteiger partial charge in [0.05, 0.1) is 0 Å². The summed E-state index contributed by atoms with van der Waals surface area (Å²) in [6.45, 7) is 10.4. The number of piperidine rings is 1. The molecule has 1 saturated carbocycles. The molecule has 0 aromatic carbocycles. The van der Waals surface area contributed by atoms with Crippen LogP contribution in [0.5, 0.6) is 0 Å². The first kappa shape index (κ1) is 10.4. The van der Waals surface area contributed by atoms with Gasteiger partial charge in [-0.15, -0.1) is 0 Å². The Kier molecular flexibility index (Phi) is 2.61. The number of nitrogens with zero attached hydrogens (tertiary/aromatic N) is 1. The molecule has 2 nitrogen and oxygen atoms in total. The zero-order valence-electron chi connectivity index (χ0n) is 9.79. The normalized spacial score (nSPS) is 35.1. The van der Waals surface area contributed by atoms with Crippen molar-refractivity contribution in [2.75, 3.05) is 19.6 Å². The Morgan fingerprint density at radius 1 is 1.36 bits per heavy atom. The molecule has 0 bridgehead atoms. The maximum atomic E-state index is 6.20. The van der Waals surface area contributed by atoms with Crippen molar-refractivity contribution in [3.8, 4) is 0 Å². The van der Waals surface area contributed by atoms with Crippen LogP contribution in [0.15, 0.2) is 0 Å². The van der Waals surface area contributed by atoms with E-state index in [-0.39, 0.29) is 5.41 Å². The molecule has 14 heavy (non-hydrogen) atoms. The highest BCUT2D eigenvalue weighted by Crippen LogP contribution is 2.44. The van der Waals surface area contributed by atoms with Crippen LogP contribution >= 0.6 is 0 Å². The van der Waals surface area contributed by atoms with E-state index in [1.54, 1.807) is 0 Å². The molecule has 82 valence electrons. The van der Waals surface area contributed by atoms with Crippen LogP contribution in [0.25, 0.3) is 0 Å². The number of hydrogen-bond donors (Lipinski definition) is 1. The molecule has 2 N–H and O–H groups in total. The summed E-state index contributed by atoms with van der Waals surface area (Å²) in [4.78, 5) is 2.57. The lowest BCUT2D eigenvalue weighted by atomic mass is 9.87. The predicted octanol–water partition coefficient (Wildman–Crippen LogP) is 1.70. The minimum Gasteiger partial charge on any atom is -0.326 e. The van der Waals surface area contributed by atoms with Gasteiger partial charge < -0.3 is 10.6 Å². The predicted molar refractivity (Wildman–Crippen MR) is 60.1 cm³/mol. The topological polar surface area (TPSA) is 29.3 Å². The molecule has 2 fully saturated rings. The van der Waals surface area contributed by atoms with E-state index in [1.165, 1.54) is 25.9 Å². The number of hydrogen-bond acceptors (Lipinski definition) is 2. The summed E-state index contributed by atoms with van der Waals surface area (Å²) in [5.41, 5.74) is 6.45. The van der Waals surface area contributed by atoms with Crippen molar-refractivity contribution >= 4 is 0 Å². The van der Waals surface area contributed by atoms with E-state index in [4.69, 9.17) is 5.73 Å². The second-order valence-corrected chi connectivity index (χ2v) is 6.28. The molecule has 3 atom stereocenters. The average molecular weight is 196 g/mol. The number of nitrogens with two attached hydrogens (primary N) is 1. The van der Waals surface area contributed by atoms with Gasteiger partial charge in [0.25, 0.3) is 0 Å². The number of rotatable bonds is 2. The van der Waals surface area contributed by atoms with Gasteiger partial charge in [0, 0.05) is 19.1 Å². The summed E-state index contributed by atoms with van der Waals surface area (Å²) in [7, 11) is 0. The Balaban J connectivity index is 1.79. The smallest absolute Gasteiger partial charge is 0.0217 e. The lowest BCUT2D eigenvalue weighted by molar-refractivity contribution is 0.168. The van der Waals surface area contributed by atoms with Crippen molar-refractivity contribution in [3.63, 3.8) is 0 Å². The fourth-order valence-corrected chi connectivity index (χ4v) is 2.38. The van der Waals surface area contributed by atoms with Crippen LogP contribution in [0.4, 0.5) is 0 Å². The Morgan fingerprint density at radius 3 is 2.64 bits per heavy atom. The van der Waals surface area contributed by atoms with Gasteiger partial charge in [-0.25, -0.2) is 0 Å². The summed E-state index contributed by atoms with van der Waals surface area (Å²) in [6.07, 6.45) is 2.91. The zero-order valence-corrected chi connectivity index (χ0v) is 9.79. The summed E-state index contributed by atoms with van der Waals surface area (Å²) in [5.74, 6) is 2.10. The van der Waals surface area contributed by atoms with Crippen LogP contribution in [0.2, 0.25) is 0 Å². The maximum absolute atomic E-state index is 6.20. The minimum absolute atomic E-state index is 0.250. The molecule has 0 aromatic heterocycles. The van der Waals surface area contributed by atoms with Crippen molar-refractivity contribution in [3.05, 3.63) is 0 Å². The van der Waals surface area contributed by atoms with Gasteiger partial charge >= 0.3 is 0 Å². The molecule has 0 amide bonds. The monoisotopic (exact) mass is 196 g/mol. The highest BCUT2D eigenvalue weighted by Gasteiger charge is 2.41. The van der Waals surface area contributed by atoms with Crippen LogP contribution < -0.4 is 5.73 Å². The van der Waals surface area contributed by atoms with E-state index in [0.717, 1.165) is 18.4 Å². The minimum atomic E-state index is 0.250. The Hall–Kier alpha value is -0.0800. The summed E-state index contributed by atoms with van der Waals surface area (Å²) >= 11 is 0. The van der Waals surface area contributed by atoms with Gasteiger partial charge in [-0.2, -0.15) is 0 Å². The van der Waals surface area contributed by atoms with Crippen LogP contribution in [0.3, 0.4) is 0 Å². The van der Waals surface area contributed by atoms with Crippen LogP contribution in [-0.4, -0.2) is 30.6 Å². The first-order valence-electron chi connectivity index (χ1n) is 5.95. The van der Waals surface area contributed by atoms with Crippen molar-refractivity contribution < 1.29 is 0 Å². The van der Waals surface area contributed by atoms with E-state index >= 15 is 0 Å². The van der Waals surface area contributed by atoms with Gasteiger partial charge in [0.15, 0.2) is 0 Å². The van der Waals surface area contributed by atoms with Crippen LogP contribution in [0.1, 0.15) is 33.6 Å². The third-order valence-corrected chi connectivity index (χ3v) is 3.95. The van der Waals surface area contributed by atoms with Crippen LogP contribution in [0, 0.1) is 17.3 Å². The van der Waals surface area contributed by atoms with E-state index < -0.39 is 0 Å². The van der Waals surface area contributed by atoms with Crippen LogP contribution in [-0.2, 0) is 0 Å². The van der Waals surface area contributed by atoms with Crippen molar-refractivity contribution in [2.45, 2.75) is 39.7 Å². The molecule has 1 saturated heterocycles. The fourth-order valence-electron chi connectivity index (χ4n) is 2.38. The van der Waals surface area contributed by atoms with Crippen molar-refractivity contribution in [2.24, 2.45) is 23.0 Å². The van der Waals surface area contributed by atoms with E-state index in [0.29, 0.717) is 6.04 Å². The van der Waals surface area contributed by atoms with Crippen molar-refractivity contribution in [1.82, 2.24) is 4.90 Å². The molecule has 1 heterocycles. The lowest BCUT2D eigenvalue weighted by Gasteiger charge is -2.34. The first-order valence-corrected chi connectivity index (χ1v) is 5.95. The molecule has 2 heteroatoms. The first-order chi connectivity index (χ1) is 6.47. The number of likely N-dealkylation sites (tertiary alicyclic amines) is 1. The Morgan fingerprint density at radius 2 is 2.07 bits per heavy atom. The Labute approximate surface area is 87.8 Å². The number of fused-ring (bicyclic) bond motifs is 1. The molecule has 0 spiro atoms. The lowest BCUT2D eigenvalue weighted by Crippen LogP contribution is -2.47. The van der Waals surface area contributed by atoms with Gasteiger partial charge in [-0.3, -0.25) is 0 Å². The molecule has 0 radical (unpaired) electrons. The molecular formula is C12H24N2. The second kappa shape index (κ2) is 3.49. The highest BCUT2D eigenvalue weighted by molar-refractivity contribution is 4.94. The van der Waals surface area contributed by atoms with Gasteiger partial charge in [0.2, 0.25) is 0 Å². The summed E-state index contributed by atoms with van der Waals surface area (Å²) in [6, 6.07) is 0.317. The zero-order chi connectivity index (χ0) is 10.3. The van der Waals surface area contributed by atoms with Gasteiger partial charge in [0.1, 0.15) is 0 Å². The Bertz CT molecular complexity index is 207. The van der Waals surface area contributed by atoms with E-state index in [1.807, 2.05) is 0 Å². The third-order valence-electron chi connectivity index (χ3n) is 3.95. The van der Waals surface area contributed by atoms with Gasteiger partial charge in [-0.05, 0) is 36.6 Å².